The van der Waals surface area contributed by atoms with Crippen LogP contribution in [0.15, 0.2) is 24.3 Å². The van der Waals surface area contributed by atoms with Gasteiger partial charge in [-0.05, 0) is 56.5 Å². The number of methoxy groups -OCH3 is 1. The van der Waals surface area contributed by atoms with Crippen LogP contribution in [-0.4, -0.2) is 61.1 Å². The van der Waals surface area contributed by atoms with Crippen molar-refractivity contribution < 1.29 is 14.3 Å². The van der Waals surface area contributed by atoms with Crippen molar-refractivity contribution in [2.75, 3.05) is 33.3 Å². The first-order valence-electron chi connectivity index (χ1n) is 9.11. The van der Waals surface area contributed by atoms with Gasteiger partial charge in [0.15, 0.2) is 0 Å². The summed E-state index contributed by atoms with van der Waals surface area (Å²) in [5.74, 6) is -0.0280. The Kier molecular flexibility index (Phi) is 5.91. The predicted molar refractivity (Wildman–Crippen MR) is 95.4 cm³/mol. The van der Waals surface area contributed by atoms with E-state index >= 15 is 0 Å². The third-order valence-corrected chi connectivity index (χ3v) is 5.06. The molecule has 0 atom stereocenters. The molecule has 6 heteroatoms. The van der Waals surface area contributed by atoms with Gasteiger partial charge in [0, 0.05) is 31.2 Å². The highest BCUT2D eigenvalue weighted by Gasteiger charge is 2.24. The van der Waals surface area contributed by atoms with Crippen molar-refractivity contribution in [2.24, 2.45) is 0 Å². The lowest BCUT2D eigenvalue weighted by Gasteiger charge is -2.31. The molecular weight excluding hydrogens is 318 g/mol. The second kappa shape index (κ2) is 8.34. The summed E-state index contributed by atoms with van der Waals surface area (Å²) in [6, 6.07) is 8.02. The van der Waals surface area contributed by atoms with Crippen LogP contribution in [0.25, 0.3) is 0 Å². The highest BCUT2D eigenvalue weighted by molar-refractivity contribution is 5.94. The van der Waals surface area contributed by atoms with Gasteiger partial charge in [0.1, 0.15) is 0 Å². The van der Waals surface area contributed by atoms with Gasteiger partial charge < -0.3 is 15.0 Å². The third kappa shape index (κ3) is 4.72. The van der Waals surface area contributed by atoms with Gasteiger partial charge in [-0.1, -0.05) is 12.1 Å². The molecule has 0 saturated carbocycles. The van der Waals surface area contributed by atoms with Gasteiger partial charge in [0.2, 0.25) is 0 Å². The summed E-state index contributed by atoms with van der Waals surface area (Å²) >= 11 is 0. The molecule has 1 aromatic rings. The van der Waals surface area contributed by atoms with E-state index in [4.69, 9.17) is 4.74 Å². The Morgan fingerprint density at radius 3 is 2.56 bits per heavy atom. The van der Waals surface area contributed by atoms with Crippen molar-refractivity contribution in [2.45, 2.75) is 38.3 Å². The first-order valence-corrected chi connectivity index (χ1v) is 9.11. The van der Waals surface area contributed by atoms with E-state index in [0.29, 0.717) is 18.7 Å². The number of rotatable bonds is 4. The molecule has 1 N–H and O–H groups in total. The minimum atomic E-state index is -0.292. The second-order valence-electron chi connectivity index (χ2n) is 6.89. The number of carbonyl (C=O) groups is 2. The fraction of sp³-hybridized carbons (Fsp3) is 0.579. The highest BCUT2D eigenvalue weighted by atomic mass is 16.5. The summed E-state index contributed by atoms with van der Waals surface area (Å²) in [6.45, 7) is 4.45. The van der Waals surface area contributed by atoms with E-state index in [0.717, 1.165) is 32.5 Å². The zero-order valence-corrected chi connectivity index (χ0v) is 14.9. The highest BCUT2D eigenvalue weighted by Crippen LogP contribution is 2.15. The van der Waals surface area contributed by atoms with Crippen molar-refractivity contribution in [3.63, 3.8) is 0 Å². The van der Waals surface area contributed by atoms with E-state index in [-0.39, 0.29) is 18.0 Å². The van der Waals surface area contributed by atoms with E-state index in [2.05, 4.69) is 16.3 Å². The summed E-state index contributed by atoms with van der Waals surface area (Å²) in [7, 11) is 1.39. The van der Waals surface area contributed by atoms with Gasteiger partial charge >= 0.3 is 6.09 Å². The maximum atomic E-state index is 12.5. The lowest BCUT2D eigenvalue weighted by atomic mass is 10.0. The quantitative estimate of drug-likeness (QED) is 0.909. The van der Waals surface area contributed by atoms with Gasteiger partial charge in [0.25, 0.3) is 5.91 Å². The molecule has 2 saturated heterocycles. The molecule has 2 heterocycles. The Morgan fingerprint density at radius 1 is 1.16 bits per heavy atom. The molecule has 2 fully saturated rings. The van der Waals surface area contributed by atoms with E-state index in [1.807, 2.05) is 18.2 Å². The molecule has 6 nitrogen and oxygen atoms in total. The van der Waals surface area contributed by atoms with Crippen molar-refractivity contribution in [3.05, 3.63) is 35.4 Å². The Hall–Kier alpha value is -2.08. The second-order valence-corrected chi connectivity index (χ2v) is 6.89. The zero-order chi connectivity index (χ0) is 17.6. The topological polar surface area (TPSA) is 61.9 Å². The van der Waals surface area contributed by atoms with Crippen molar-refractivity contribution in [1.29, 1.82) is 0 Å². The number of likely N-dealkylation sites (tertiary alicyclic amines) is 2. The molecule has 136 valence electrons. The summed E-state index contributed by atoms with van der Waals surface area (Å²) in [5, 5.41) is 3.10. The molecule has 0 bridgehead atoms. The van der Waals surface area contributed by atoms with Crippen LogP contribution in [0.4, 0.5) is 4.79 Å². The van der Waals surface area contributed by atoms with Gasteiger partial charge in [0.05, 0.1) is 7.11 Å². The number of benzene rings is 1. The average molecular weight is 345 g/mol. The van der Waals surface area contributed by atoms with Gasteiger partial charge in [-0.25, -0.2) is 4.79 Å². The number of ether oxygens (including phenoxy) is 1. The summed E-state index contributed by atoms with van der Waals surface area (Å²) in [5.41, 5.74) is 1.90. The van der Waals surface area contributed by atoms with Gasteiger partial charge in [-0.2, -0.15) is 0 Å². The number of carbonyl (C=O) groups excluding carboxylic acids is 2. The van der Waals surface area contributed by atoms with Crippen LogP contribution in [0.5, 0.6) is 0 Å². The Morgan fingerprint density at radius 2 is 1.88 bits per heavy atom. The van der Waals surface area contributed by atoms with Crippen LogP contribution in [-0.2, 0) is 11.3 Å². The van der Waals surface area contributed by atoms with E-state index in [1.165, 1.54) is 25.5 Å². The first kappa shape index (κ1) is 17.7. The molecule has 2 amide bonds. The third-order valence-electron chi connectivity index (χ3n) is 5.06. The van der Waals surface area contributed by atoms with Crippen LogP contribution in [0.3, 0.4) is 0 Å². The normalized spacial score (nSPS) is 19.0. The Labute approximate surface area is 149 Å². The molecule has 2 aliphatic rings. The summed E-state index contributed by atoms with van der Waals surface area (Å²) < 4.78 is 4.74. The number of piperidine rings is 1. The molecule has 2 aliphatic heterocycles. The molecule has 3 rings (SSSR count). The first-order chi connectivity index (χ1) is 12.2. The number of nitrogens with one attached hydrogen (secondary N) is 1. The fourth-order valence-electron chi connectivity index (χ4n) is 3.61. The maximum absolute atomic E-state index is 12.5. The predicted octanol–water partition coefficient (Wildman–Crippen LogP) is 2.24. The molecular formula is C19H27N3O3. The molecule has 25 heavy (non-hydrogen) atoms. The van der Waals surface area contributed by atoms with E-state index < -0.39 is 0 Å². The monoisotopic (exact) mass is 345 g/mol. The smallest absolute Gasteiger partial charge is 0.409 e. The number of nitrogens with zero attached hydrogens (tertiary/aromatic N) is 2. The average Bonchev–Trinajstić information content (AvgIpc) is 3.15. The lowest BCUT2D eigenvalue weighted by molar-refractivity contribution is 0.0892. The van der Waals surface area contributed by atoms with Crippen molar-refractivity contribution in [1.82, 2.24) is 15.1 Å². The van der Waals surface area contributed by atoms with E-state index in [1.54, 1.807) is 4.90 Å². The molecule has 1 aromatic carbocycles. The minimum Gasteiger partial charge on any atom is -0.453 e. The largest absolute Gasteiger partial charge is 0.453 e. The Balaban J connectivity index is 1.52. The molecule has 0 aromatic heterocycles. The standard InChI is InChI=1S/C19H27N3O3/c1-25-19(24)22-11-7-17(8-12-22)20-18(23)16-6-4-5-15(13-16)14-21-9-2-3-10-21/h4-6,13,17H,2-3,7-12,14H2,1H3,(H,20,23). The SMILES string of the molecule is COC(=O)N1CCC(NC(=O)c2cccc(CN3CCCC3)c2)CC1. The molecule has 0 unspecified atom stereocenters. The van der Waals surface area contributed by atoms with E-state index in [9.17, 15) is 9.59 Å². The number of hydrogen-bond acceptors (Lipinski definition) is 4. The summed E-state index contributed by atoms with van der Waals surface area (Å²) in [4.78, 5) is 28.2. The zero-order valence-electron chi connectivity index (χ0n) is 14.9. The maximum Gasteiger partial charge on any atom is 0.409 e. The van der Waals surface area contributed by atoms with Crippen LogP contribution in [0.2, 0.25) is 0 Å². The minimum absolute atomic E-state index is 0.0280. The molecule has 0 spiro atoms. The number of amides is 2. The van der Waals surface area contributed by atoms with Crippen molar-refractivity contribution >= 4 is 12.0 Å². The van der Waals surface area contributed by atoms with Gasteiger partial charge in [-0.3, -0.25) is 9.69 Å². The molecule has 0 aliphatic carbocycles. The Bertz CT molecular complexity index is 606. The van der Waals surface area contributed by atoms with Gasteiger partial charge in [-0.15, -0.1) is 0 Å². The van der Waals surface area contributed by atoms with Crippen LogP contribution in [0.1, 0.15) is 41.6 Å². The summed E-state index contributed by atoms with van der Waals surface area (Å²) in [6.07, 6.45) is 3.76. The lowest BCUT2D eigenvalue weighted by Crippen LogP contribution is -2.46. The molecule has 0 radical (unpaired) electrons. The van der Waals surface area contributed by atoms with Crippen molar-refractivity contribution in [3.8, 4) is 0 Å². The van der Waals surface area contributed by atoms with Crippen LogP contribution in [0, 0.1) is 0 Å². The number of hydrogen-bond donors (Lipinski definition) is 1. The fourth-order valence-corrected chi connectivity index (χ4v) is 3.61. The van der Waals surface area contributed by atoms with Crippen LogP contribution < -0.4 is 5.32 Å². The van der Waals surface area contributed by atoms with Crippen LogP contribution >= 0.6 is 0 Å².